The number of carboxylic acids is 1. The van der Waals surface area contributed by atoms with Gasteiger partial charge in [0.2, 0.25) is 0 Å². The Morgan fingerprint density at radius 1 is 1.42 bits per heavy atom. The molecule has 102 valence electrons. The van der Waals surface area contributed by atoms with Crippen molar-refractivity contribution < 1.29 is 19.4 Å². The van der Waals surface area contributed by atoms with Crippen LogP contribution < -0.4 is 10.6 Å². The molecule has 0 saturated carbocycles. The van der Waals surface area contributed by atoms with E-state index in [1.807, 2.05) is 0 Å². The van der Waals surface area contributed by atoms with E-state index in [1.165, 1.54) is 4.90 Å². The van der Waals surface area contributed by atoms with E-state index in [-0.39, 0.29) is 5.91 Å². The van der Waals surface area contributed by atoms with Crippen LogP contribution in [0.25, 0.3) is 0 Å². The summed E-state index contributed by atoms with van der Waals surface area (Å²) in [6.07, 6.45) is 0.850. The topological polar surface area (TPSA) is 92.9 Å². The first-order valence-corrected chi connectivity index (χ1v) is 6.09. The standard InChI is InChI=1S/C13H16N2O4/c14-9-4-1-2-5-10(9)15(8-12(16)17)13(18)11-6-3-7-19-11/h1-2,4-5,11H,3,6-8,14H2,(H,16,17). The largest absolute Gasteiger partial charge is 0.480 e. The van der Waals surface area contributed by atoms with E-state index < -0.39 is 18.6 Å². The Bertz CT molecular complexity index is 483. The monoisotopic (exact) mass is 264 g/mol. The van der Waals surface area contributed by atoms with Gasteiger partial charge in [0.15, 0.2) is 0 Å². The lowest BCUT2D eigenvalue weighted by atomic mass is 10.2. The Morgan fingerprint density at radius 3 is 2.74 bits per heavy atom. The lowest BCUT2D eigenvalue weighted by Gasteiger charge is -2.24. The molecule has 0 radical (unpaired) electrons. The molecule has 1 aliphatic rings. The highest BCUT2D eigenvalue weighted by Gasteiger charge is 2.30. The van der Waals surface area contributed by atoms with E-state index in [0.717, 1.165) is 6.42 Å². The van der Waals surface area contributed by atoms with Gasteiger partial charge in [-0.1, -0.05) is 12.1 Å². The molecule has 0 aliphatic carbocycles. The summed E-state index contributed by atoms with van der Waals surface area (Å²) in [4.78, 5) is 24.4. The van der Waals surface area contributed by atoms with Crippen molar-refractivity contribution >= 4 is 23.3 Å². The Labute approximate surface area is 110 Å². The number of carbonyl (C=O) groups excluding carboxylic acids is 1. The van der Waals surface area contributed by atoms with Gasteiger partial charge in [0.05, 0.1) is 11.4 Å². The molecule has 1 atom stereocenters. The SMILES string of the molecule is Nc1ccccc1N(CC(=O)O)C(=O)C1CCCO1. The van der Waals surface area contributed by atoms with Crippen LogP contribution >= 0.6 is 0 Å². The van der Waals surface area contributed by atoms with Gasteiger partial charge in [-0.2, -0.15) is 0 Å². The second-order valence-electron chi connectivity index (χ2n) is 4.38. The summed E-state index contributed by atoms with van der Waals surface area (Å²) in [6, 6.07) is 6.70. The number of hydrogen-bond acceptors (Lipinski definition) is 4. The van der Waals surface area contributed by atoms with E-state index in [4.69, 9.17) is 15.6 Å². The summed E-state index contributed by atoms with van der Waals surface area (Å²) in [5, 5.41) is 8.95. The average molecular weight is 264 g/mol. The third-order valence-corrected chi connectivity index (χ3v) is 2.99. The molecule has 1 saturated heterocycles. The number of anilines is 2. The van der Waals surface area contributed by atoms with Crippen molar-refractivity contribution in [3.05, 3.63) is 24.3 Å². The first-order valence-electron chi connectivity index (χ1n) is 6.09. The molecule has 1 aromatic carbocycles. The molecule has 1 fully saturated rings. The molecule has 1 aliphatic heterocycles. The van der Waals surface area contributed by atoms with Crippen LogP contribution in [0.3, 0.4) is 0 Å². The van der Waals surface area contributed by atoms with Crippen molar-refractivity contribution in [3.8, 4) is 0 Å². The zero-order valence-corrected chi connectivity index (χ0v) is 10.4. The minimum Gasteiger partial charge on any atom is -0.480 e. The van der Waals surface area contributed by atoms with Gasteiger partial charge in [0, 0.05) is 6.61 Å². The number of amides is 1. The van der Waals surface area contributed by atoms with Crippen molar-refractivity contribution in [2.24, 2.45) is 0 Å². The van der Waals surface area contributed by atoms with Crippen LogP contribution in [-0.2, 0) is 14.3 Å². The molecule has 1 aromatic rings. The van der Waals surface area contributed by atoms with E-state index >= 15 is 0 Å². The summed E-state index contributed by atoms with van der Waals surface area (Å²) < 4.78 is 5.31. The summed E-state index contributed by atoms with van der Waals surface area (Å²) in [7, 11) is 0. The molecule has 1 amide bonds. The van der Waals surface area contributed by atoms with Gasteiger partial charge in [-0.15, -0.1) is 0 Å². The fourth-order valence-electron chi connectivity index (χ4n) is 2.10. The highest BCUT2D eigenvalue weighted by molar-refractivity contribution is 6.02. The lowest BCUT2D eigenvalue weighted by molar-refractivity contribution is -0.137. The van der Waals surface area contributed by atoms with Gasteiger partial charge < -0.3 is 15.6 Å². The van der Waals surface area contributed by atoms with Crippen LogP contribution in [0.2, 0.25) is 0 Å². The van der Waals surface area contributed by atoms with Crippen LogP contribution in [0.15, 0.2) is 24.3 Å². The van der Waals surface area contributed by atoms with Gasteiger partial charge in [-0.3, -0.25) is 14.5 Å². The number of ether oxygens (including phenoxy) is 1. The zero-order chi connectivity index (χ0) is 13.8. The highest BCUT2D eigenvalue weighted by atomic mass is 16.5. The number of nitrogens with zero attached hydrogens (tertiary/aromatic N) is 1. The molecule has 3 N–H and O–H groups in total. The predicted octanol–water partition coefficient (Wildman–Crippen LogP) is 0.865. The van der Waals surface area contributed by atoms with Gasteiger partial charge in [-0.25, -0.2) is 0 Å². The number of para-hydroxylation sites is 2. The Hall–Kier alpha value is -2.08. The number of aliphatic carboxylic acids is 1. The van der Waals surface area contributed by atoms with Crippen molar-refractivity contribution in [3.63, 3.8) is 0 Å². The summed E-state index contributed by atoms with van der Waals surface area (Å²) in [6.45, 7) is 0.106. The Balaban J connectivity index is 2.27. The molecule has 2 rings (SSSR count). The molecule has 1 unspecified atom stereocenters. The third-order valence-electron chi connectivity index (χ3n) is 2.99. The smallest absolute Gasteiger partial charge is 0.323 e. The van der Waals surface area contributed by atoms with Crippen molar-refractivity contribution in [2.45, 2.75) is 18.9 Å². The highest BCUT2D eigenvalue weighted by Crippen LogP contribution is 2.25. The number of rotatable bonds is 4. The average Bonchev–Trinajstić information content (AvgIpc) is 2.90. The molecule has 6 nitrogen and oxygen atoms in total. The van der Waals surface area contributed by atoms with Crippen molar-refractivity contribution in [1.82, 2.24) is 0 Å². The predicted molar refractivity (Wildman–Crippen MR) is 69.8 cm³/mol. The first kappa shape index (κ1) is 13.4. The maximum absolute atomic E-state index is 12.3. The van der Waals surface area contributed by atoms with Crippen LogP contribution in [0, 0.1) is 0 Å². The number of carboxylic acid groups (broad SMARTS) is 1. The van der Waals surface area contributed by atoms with E-state index in [2.05, 4.69) is 0 Å². The normalized spacial score (nSPS) is 18.2. The number of hydrogen-bond donors (Lipinski definition) is 2. The molecular formula is C13H16N2O4. The first-order chi connectivity index (χ1) is 9.09. The maximum Gasteiger partial charge on any atom is 0.323 e. The second-order valence-corrected chi connectivity index (χ2v) is 4.38. The fourth-order valence-corrected chi connectivity index (χ4v) is 2.10. The maximum atomic E-state index is 12.3. The van der Waals surface area contributed by atoms with E-state index in [9.17, 15) is 9.59 Å². The number of carbonyl (C=O) groups is 2. The van der Waals surface area contributed by atoms with Crippen molar-refractivity contribution in [2.75, 3.05) is 23.8 Å². The molecular weight excluding hydrogens is 248 g/mol. The molecule has 0 bridgehead atoms. The van der Waals surface area contributed by atoms with Gasteiger partial charge in [0.1, 0.15) is 12.6 Å². The van der Waals surface area contributed by atoms with Crippen LogP contribution in [0.4, 0.5) is 11.4 Å². The molecule has 19 heavy (non-hydrogen) atoms. The fraction of sp³-hybridized carbons (Fsp3) is 0.385. The lowest BCUT2D eigenvalue weighted by Crippen LogP contribution is -2.42. The van der Waals surface area contributed by atoms with E-state index in [1.54, 1.807) is 24.3 Å². The van der Waals surface area contributed by atoms with Crippen LogP contribution in [0.1, 0.15) is 12.8 Å². The number of benzene rings is 1. The van der Waals surface area contributed by atoms with Crippen LogP contribution in [0.5, 0.6) is 0 Å². The van der Waals surface area contributed by atoms with Crippen molar-refractivity contribution in [1.29, 1.82) is 0 Å². The molecule has 0 spiro atoms. The third kappa shape index (κ3) is 3.03. The number of nitrogen functional groups attached to an aromatic ring is 1. The minimum atomic E-state index is -1.09. The van der Waals surface area contributed by atoms with Crippen LogP contribution in [-0.4, -0.2) is 36.2 Å². The Kier molecular flexibility index (Phi) is 4.01. The van der Waals surface area contributed by atoms with Gasteiger partial charge in [0.25, 0.3) is 5.91 Å². The summed E-state index contributed by atoms with van der Waals surface area (Å²) in [5.41, 5.74) is 6.58. The molecule has 6 heteroatoms. The molecule has 0 aromatic heterocycles. The number of nitrogens with two attached hydrogens (primary N) is 1. The summed E-state index contributed by atoms with van der Waals surface area (Å²) in [5.74, 6) is -1.44. The summed E-state index contributed by atoms with van der Waals surface area (Å²) >= 11 is 0. The quantitative estimate of drug-likeness (QED) is 0.787. The molecule has 1 heterocycles. The second kappa shape index (κ2) is 5.71. The Morgan fingerprint density at radius 2 is 2.16 bits per heavy atom. The van der Waals surface area contributed by atoms with Gasteiger partial charge in [-0.05, 0) is 25.0 Å². The van der Waals surface area contributed by atoms with Gasteiger partial charge >= 0.3 is 5.97 Å². The minimum absolute atomic E-state index is 0.349. The van der Waals surface area contributed by atoms with E-state index in [0.29, 0.717) is 24.4 Å². The zero-order valence-electron chi connectivity index (χ0n) is 10.4.